The van der Waals surface area contributed by atoms with Crippen molar-refractivity contribution in [1.29, 1.82) is 0 Å². The molecule has 1 aromatic rings. The predicted octanol–water partition coefficient (Wildman–Crippen LogP) is 1.92. The van der Waals surface area contributed by atoms with Crippen LogP contribution >= 0.6 is 11.6 Å². The highest BCUT2D eigenvalue weighted by Crippen LogP contribution is 2.10. The van der Waals surface area contributed by atoms with Gasteiger partial charge in [-0.15, -0.1) is 0 Å². The summed E-state index contributed by atoms with van der Waals surface area (Å²) in [5, 5.41) is 0.573. The van der Waals surface area contributed by atoms with Crippen LogP contribution in [-0.2, 0) is 0 Å². The SMILES string of the molecule is [2H]c1ccc(Cl)cc1N. The Morgan fingerprint density at radius 2 is 2.50 bits per heavy atom. The summed E-state index contributed by atoms with van der Waals surface area (Å²) in [7, 11) is 0. The maximum atomic E-state index is 7.13. The Hall–Kier alpha value is -0.690. The number of anilines is 1. The van der Waals surface area contributed by atoms with Crippen LogP contribution in [0.3, 0.4) is 0 Å². The molecule has 0 heterocycles. The van der Waals surface area contributed by atoms with E-state index in [0.29, 0.717) is 16.8 Å². The topological polar surface area (TPSA) is 26.0 Å². The highest BCUT2D eigenvalue weighted by Gasteiger charge is 1.83. The Balaban J connectivity index is 3.17. The lowest BCUT2D eigenvalue weighted by Crippen LogP contribution is -1.80. The summed E-state index contributed by atoms with van der Waals surface area (Å²) in [5.41, 5.74) is 5.77. The van der Waals surface area contributed by atoms with E-state index in [0.717, 1.165) is 0 Å². The van der Waals surface area contributed by atoms with Crippen LogP contribution in [0.15, 0.2) is 24.2 Å². The average molecular weight is 129 g/mol. The maximum Gasteiger partial charge on any atom is 0.0645 e. The number of benzene rings is 1. The molecule has 0 amide bonds. The van der Waals surface area contributed by atoms with Gasteiger partial charge in [-0.3, -0.25) is 0 Å². The molecule has 0 bridgehead atoms. The third kappa shape index (κ3) is 1.14. The molecule has 0 radical (unpaired) electrons. The molecule has 0 aliphatic heterocycles. The predicted molar refractivity (Wildman–Crippen MR) is 35.9 cm³/mol. The molecule has 0 aliphatic rings. The average Bonchev–Trinajstić information content (AvgIpc) is 1.80. The quantitative estimate of drug-likeness (QED) is 0.531. The molecule has 0 aromatic heterocycles. The summed E-state index contributed by atoms with van der Waals surface area (Å²) >= 11 is 5.55. The van der Waals surface area contributed by atoms with Gasteiger partial charge in [-0.2, -0.15) is 0 Å². The molecule has 1 nitrogen and oxygen atoms in total. The molecule has 1 aromatic carbocycles. The number of rotatable bonds is 0. The van der Waals surface area contributed by atoms with Gasteiger partial charge in [0.25, 0.3) is 0 Å². The van der Waals surface area contributed by atoms with Crippen molar-refractivity contribution in [2.24, 2.45) is 0 Å². The van der Waals surface area contributed by atoms with Gasteiger partial charge >= 0.3 is 0 Å². The van der Waals surface area contributed by atoms with E-state index in [2.05, 4.69) is 0 Å². The molecule has 0 spiro atoms. The zero-order valence-electron chi connectivity index (χ0n) is 5.19. The minimum atomic E-state index is 0.319. The van der Waals surface area contributed by atoms with Crippen LogP contribution in [0.4, 0.5) is 5.69 Å². The van der Waals surface area contributed by atoms with Crippen LogP contribution < -0.4 is 5.73 Å². The number of nitrogen functional groups attached to an aromatic ring is 1. The molecule has 0 saturated carbocycles. The van der Waals surface area contributed by atoms with Crippen LogP contribution in [0.5, 0.6) is 0 Å². The van der Waals surface area contributed by atoms with E-state index in [1.165, 1.54) is 0 Å². The molecular weight excluding hydrogens is 122 g/mol. The fourth-order valence-electron chi connectivity index (χ4n) is 0.456. The lowest BCUT2D eigenvalue weighted by Gasteiger charge is -1.89. The van der Waals surface area contributed by atoms with E-state index in [1.54, 1.807) is 18.2 Å². The summed E-state index contributed by atoms with van der Waals surface area (Å²) in [4.78, 5) is 0. The van der Waals surface area contributed by atoms with Crippen molar-refractivity contribution in [1.82, 2.24) is 0 Å². The van der Waals surface area contributed by atoms with Gasteiger partial charge in [0.2, 0.25) is 0 Å². The highest BCUT2D eigenvalue weighted by atomic mass is 35.5. The molecule has 0 unspecified atom stereocenters. The van der Waals surface area contributed by atoms with Gasteiger partial charge in [-0.25, -0.2) is 0 Å². The van der Waals surface area contributed by atoms with Crippen LogP contribution in [0.25, 0.3) is 0 Å². The number of hydrogen-bond donors (Lipinski definition) is 1. The van der Waals surface area contributed by atoms with Gasteiger partial charge in [0.15, 0.2) is 0 Å². The Morgan fingerprint density at radius 3 is 3.00 bits per heavy atom. The molecule has 8 heavy (non-hydrogen) atoms. The standard InChI is InChI=1S/C6H6ClN/c7-5-2-1-3-6(8)4-5/h1-4H,8H2/i3D. The van der Waals surface area contributed by atoms with Crippen LogP contribution in [0, 0.1) is 0 Å². The first-order valence-electron chi connectivity index (χ1n) is 2.72. The third-order valence-corrected chi connectivity index (χ3v) is 1.02. The first kappa shape index (κ1) is 4.21. The minimum absolute atomic E-state index is 0.319. The molecule has 1 rings (SSSR count). The van der Waals surface area contributed by atoms with Crippen LogP contribution in [0.2, 0.25) is 5.02 Å². The molecule has 0 fully saturated rings. The van der Waals surface area contributed by atoms with Gasteiger partial charge in [-0.05, 0) is 18.2 Å². The lowest BCUT2D eigenvalue weighted by atomic mass is 10.3. The zero-order valence-corrected chi connectivity index (χ0v) is 4.94. The monoisotopic (exact) mass is 128 g/mol. The molecule has 0 atom stereocenters. The summed E-state index contributed by atoms with van der Waals surface area (Å²) in [6, 6.07) is 5.08. The van der Waals surface area contributed by atoms with Gasteiger partial charge in [0.05, 0.1) is 1.37 Å². The van der Waals surface area contributed by atoms with Crippen molar-refractivity contribution < 1.29 is 1.37 Å². The lowest BCUT2D eigenvalue weighted by molar-refractivity contribution is 1.69. The second kappa shape index (κ2) is 2.05. The molecule has 0 aliphatic carbocycles. The smallest absolute Gasteiger partial charge is 0.0645 e. The van der Waals surface area contributed by atoms with Gasteiger partial charge in [-0.1, -0.05) is 17.7 Å². The summed E-state index contributed by atoms with van der Waals surface area (Å²) < 4.78 is 7.13. The van der Waals surface area contributed by atoms with Gasteiger partial charge < -0.3 is 5.73 Å². The van der Waals surface area contributed by atoms with E-state index in [1.807, 2.05) is 0 Å². The maximum absolute atomic E-state index is 7.13. The molecule has 2 heteroatoms. The number of hydrogen-bond acceptors (Lipinski definition) is 1. The number of halogens is 1. The second-order valence-corrected chi connectivity index (χ2v) is 1.90. The number of nitrogens with two attached hydrogens (primary N) is 1. The first-order chi connectivity index (χ1) is 4.20. The summed E-state index contributed by atoms with van der Waals surface area (Å²) in [6.45, 7) is 0. The van der Waals surface area contributed by atoms with Crippen molar-refractivity contribution >= 4 is 17.3 Å². The Labute approximate surface area is 54.5 Å². The summed E-state index contributed by atoms with van der Waals surface area (Å²) in [5.74, 6) is 0. The van der Waals surface area contributed by atoms with Crippen molar-refractivity contribution in [3.8, 4) is 0 Å². The molecule has 0 saturated heterocycles. The second-order valence-electron chi connectivity index (χ2n) is 1.46. The van der Waals surface area contributed by atoms with Gasteiger partial charge in [0.1, 0.15) is 0 Å². The Morgan fingerprint density at radius 1 is 1.75 bits per heavy atom. The summed E-state index contributed by atoms with van der Waals surface area (Å²) in [6.07, 6.45) is 0. The van der Waals surface area contributed by atoms with Gasteiger partial charge in [0, 0.05) is 10.7 Å². The van der Waals surface area contributed by atoms with Crippen LogP contribution in [-0.4, -0.2) is 0 Å². The first-order valence-corrected chi connectivity index (χ1v) is 2.59. The normalized spacial score (nSPS) is 10.9. The minimum Gasteiger partial charge on any atom is -0.399 e. The molecular formula is C6H6ClN. The van der Waals surface area contributed by atoms with E-state index < -0.39 is 0 Å². The van der Waals surface area contributed by atoms with Crippen molar-refractivity contribution in [3.63, 3.8) is 0 Å². The zero-order chi connectivity index (χ0) is 6.85. The fourth-order valence-corrected chi connectivity index (χ4v) is 0.636. The van der Waals surface area contributed by atoms with Crippen molar-refractivity contribution in [2.75, 3.05) is 5.73 Å². The van der Waals surface area contributed by atoms with E-state index in [9.17, 15) is 0 Å². The Kier molecular flexibility index (Phi) is 1.08. The Bertz CT molecular complexity index is 224. The van der Waals surface area contributed by atoms with Crippen molar-refractivity contribution in [2.45, 2.75) is 0 Å². The largest absolute Gasteiger partial charge is 0.399 e. The van der Waals surface area contributed by atoms with Crippen molar-refractivity contribution in [3.05, 3.63) is 29.3 Å². The van der Waals surface area contributed by atoms with Crippen LogP contribution in [0.1, 0.15) is 1.37 Å². The molecule has 2 N–H and O–H groups in total. The van der Waals surface area contributed by atoms with E-state index in [4.69, 9.17) is 18.7 Å². The van der Waals surface area contributed by atoms with E-state index in [-0.39, 0.29) is 0 Å². The van der Waals surface area contributed by atoms with E-state index >= 15 is 0 Å². The fraction of sp³-hybridized carbons (Fsp3) is 0. The third-order valence-electron chi connectivity index (χ3n) is 0.786. The molecule has 42 valence electrons. The highest BCUT2D eigenvalue weighted by molar-refractivity contribution is 6.30.